The van der Waals surface area contributed by atoms with E-state index >= 15 is 0 Å². The van der Waals surface area contributed by atoms with Gasteiger partial charge in [0.25, 0.3) is 0 Å². The van der Waals surface area contributed by atoms with Gasteiger partial charge < -0.3 is 10.6 Å². The molecule has 2 rings (SSSR count). The molecule has 2 fully saturated rings. The van der Waals surface area contributed by atoms with Crippen molar-refractivity contribution in [3.8, 4) is 0 Å². The molecular formula is C13H30N2. The highest BCUT2D eigenvalue weighted by molar-refractivity contribution is 4.81. The quantitative estimate of drug-likeness (QED) is 0.672. The Morgan fingerprint density at radius 1 is 0.933 bits per heavy atom. The predicted molar refractivity (Wildman–Crippen MR) is 69.0 cm³/mol. The van der Waals surface area contributed by atoms with Gasteiger partial charge in [-0.15, -0.1) is 0 Å². The van der Waals surface area contributed by atoms with E-state index in [4.69, 9.17) is 0 Å². The molecule has 2 heteroatoms. The highest BCUT2D eigenvalue weighted by Crippen LogP contribution is 2.35. The second-order valence-electron chi connectivity index (χ2n) is 4.36. The maximum absolute atomic E-state index is 4.50. The number of likely N-dealkylation sites (tertiary alicyclic amines) is 1. The van der Waals surface area contributed by atoms with Gasteiger partial charge in [0.05, 0.1) is 0 Å². The first kappa shape index (κ1) is 14.9. The lowest BCUT2D eigenvalue weighted by molar-refractivity contribution is 0.105. The summed E-state index contributed by atoms with van der Waals surface area (Å²) >= 11 is 0. The van der Waals surface area contributed by atoms with Gasteiger partial charge in [-0.2, -0.15) is 0 Å². The van der Waals surface area contributed by atoms with Crippen LogP contribution in [0.4, 0.5) is 0 Å². The second-order valence-corrected chi connectivity index (χ2v) is 4.36. The van der Waals surface area contributed by atoms with Gasteiger partial charge in [-0.1, -0.05) is 33.1 Å². The van der Waals surface area contributed by atoms with E-state index in [-0.39, 0.29) is 0 Å². The van der Waals surface area contributed by atoms with Gasteiger partial charge in [0, 0.05) is 6.54 Å². The zero-order chi connectivity index (χ0) is 11.7. The first-order valence-corrected chi connectivity index (χ1v) is 6.62. The van der Waals surface area contributed by atoms with Crippen molar-refractivity contribution >= 4 is 0 Å². The molecule has 0 aromatic carbocycles. The van der Waals surface area contributed by atoms with E-state index < -0.39 is 0 Å². The van der Waals surface area contributed by atoms with Crippen molar-refractivity contribution in [1.82, 2.24) is 4.90 Å². The van der Waals surface area contributed by atoms with Gasteiger partial charge in [0.1, 0.15) is 0 Å². The van der Waals surface area contributed by atoms with Crippen LogP contribution in [0, 0.1) is 11.8 Å². The van der Waals surface area contributed by atoms with Crippen molar-refractivity contribution in [3.63, 3.8) is 0 Å². The van der Waals surface area contributed by atoms with Crippen LogP contribution < -0.4 is 5.73 Å². The number of piperidine rings is 1. The van der Waals surface area contributed by atoms with Crippen LogP contribution in [0.15, 0.2) is 0 Å². The largest absolute Gasteiger partial charge is 0.333 e. The molecular weight excluding hydrogens is 184 g/mol. The standard InChI is InChI=1S/C10H19N.C2H6.CH5N/c1-11-7-6-9-4-2-3-5-10(9)8-11;2*1-2/h9-10H,2-8H2,1H3;1-2H3;2H2,1H3. The van der Waals surface area contributed by atoms with E-state index in [1.54, 1.807) is 0 Å². The van der Waals surface area contributed by atoms with E-state index in [9.17, 15) is 0 Å². The SMILES string of the molecule is CC.CN.CN1CCC2CCCCC2C1. The fraction of sp³-hybridized carbons (Fsp3) is 1.00. The number of nitrogens with zero attached hydrogens (tertiary/aromatic N) is 1. The number of fused-ring (bicyclic) bond motifs is 1. The van der Waals surface area contributed by atoms with Crippen LogP contribution in [0.3, 0.4) is 0 Å². The first-order valence-electron chi connectivity index (χ1n) is 6.62. The van der Waals surface area contributed by atoms with Crippen LogP contribution in [0.5, 0.6) is 0 Å². The number of rotatable bonds is 0. The van der Waals surface area contributed by atoms with E-state index in [0.29, 0.717) is 0 Å². The van der Waals surface area contributed by atoms with Crippen LogP contribution in [0.25, 0.3) is 0 Å². The van der Waals surface area contributed by atoms with Gasteiger partial charge in [-0.25, -0.2) is 0 Å². The van der Waals surface area contributed by atoms with Crippen LogP contribution in [0.1, 0.15) is 46.0 Å². The third kappa shape index (κ3) is 4.98. The van der Waals surface area contributed by atoms with E-state index in [1.807, 2.05) is 13.8 Å². The van der Waals surface area contributed by atoms with Crippen molar-refractivity contribution < 1.29 is 0 Å². The van der Waals surface area contributed by atoms with E-state index in [2.05, 4.69) is 17.7 Å². The molecule has 0 radical (unpaired) electrons. The fourth-order valence-electron chi connectivity index (χ4n) is 2.78. The normalized spacial score (nSPS) is 30.2. The molecule has 2 atom stereocenters. The molecule has 1 saturated carbocycles. The fourth-order valence-corrected chi connectivity index (χ4v) is 2.78. The Balaban J connectivity index is 0.000000442. The molecule has 1 saturated heterocycles. The van der Waals surface area contributed by atoms with Crippen molar-refractivity contribution in [2.45, 2.75) is 46.0 Å². The molecule has 2 N–H and O–H groups in total. The molecule has 92 valence electrons. The minimum atomic E-state index is 1.06. The highest BCUT2D eigenvalue weighted by Gasteiger charge is 2.29. The smallest absolute Gasteiger partial charge is 0.000926 e. The predicted octanol–water partition coefficient (Wildman–Crippen LogP) is 2.73. The lowest BCUT2D eigenvalue weighted by Crippen LogP contribution is -2.39. The Morgan fingerprint density at radius 3 is 2.07 bits per heavy atom. The van der Waals surface area contributed by atoms with E-state index in [1.165, 1.54) is 52.2 Å². The Kier molecular flexibility index (Phi) is 9.12. The molecule has 0 spiro atoms. The molecule has 2 unspecified atom stereocenters. The molecule has 2 nitrogen and oxygen atoms in total. The van der Waals surface area contributed by atoms with Crippen molar-refractivity contribution in [3.05, 3.63) is 0 Å². The van der Waals surface area contributed by atoms with Gasteiger partial charge in [-0.05, 0) is 45.3 Å². The Bertz CT molecular complexity index is 136. The zero-order valence-corrected chi connectivity index (χ0v) is 11.1. The van der Waals surface area contributed by atoms with Crippen LogP contribution in [-0.4, -0.2) is 32.1 Å². The molecule has 15 heavy (non-hydrogen) atoms. The summed E-state index contributed by atoms with van der Waals surface area (Å²) in [6, 6.07) is 0. The minimum absolute atomic E-state index is 1.06. The van der Waals surface area contributed by atoms with Crippen LogP contribution >= 0.6 is 0 Å². The molecule has 0 bridgehead atoms. The van der Waals surface area contributed by atoms with Crippen molar-refractivity contribution in [1.29, 1.82) is 0 Å². The third-order valence-corrected chi connectivity index (χ3v) is 3.49. The zero-order valence-electron chi connectivity index (χ0n) is 11.1. The maximum atomic E-state index is 4.50. The Morgan fingerprint density at radius 2 is 1.47 bits per heavy atom. The molecule has 0 aromatic heterocycles. The summed E-state index contributed by atoms with van der Waals surface area (Å²) in [7, 11) is 3.77. The van der Waals surface area contributed by atoms with Gasteiger partial charge >= 0.3 is 0 Å². The van der Waals surface area contributed by atoms with Gasteiger partial charge in [-0.3, -0.25) is 0 Å². The Hall–Kier alpha value is -0.0800. The summed E-state index contributed by atoms with van der Waals surface area (Å²) in [6.45, 7) is 6.73. The molecule has 0 amide bonds. The average molecular weight is 214 g/mol. The summed E-state index contributed by atoms with van der Waals surface area (Å²) in [5, 5.41) is 0. The lowest BCUT2D eigenvalue weighted by atomic mass is 9.75. The molecule has 1 aliphatic heterocycles. The van der Waals surface area contributed by atoms with Crippen molar-refractivity contribution in [2.24, 2.45) is 17.6 Å². The summed E-state index contributed by atoms with van der Waals surface area (Å²) in [4.78, 5) is 2.51. The number of nitrogens with two attached hydrogens (primary N) is 1. The summed E-state index contributed by atoms with van der Waals surface area (Å²) in [5.41, 5.74) is 4.50. The monoisotopic (exact) mass is 214 g/mol. The molecule has 2 aliphatic rings. The molecule has 0 aromatic rings. The van der Waals surface area contributed by atoms with E-state index in [0.717, 1.165) is 11.8 Å². The third-order valence-electron chi connectivity index (χ3n) is 3.49. The number of hydrogen-bond acceptors (Lipinski definition) is 2. The average Bonchev–Trinajstić information content (AvgIpc) is 2.34. The number of hydrogen-bond donors (Lipinski definition) is 1. The highest BCUT2D eigenvalue weighted by atomic mass is 15.1. The van der Waals surface area contributed by atoms with Gasteiger partial charge in [0.2, 0.25) is 0 Å². The van der Waals surface area contributed by atoms with Crippen LogP contribution in [-0.2, 0) is 0 Å². The Labute approximate surface area is 96.2 Å². The summed E-state index contributed by atoms with van der Waals surface area (Å²) in [6.07, 6.45) is 7.51. The van der Waals surface area contributed by atoms with Crippen molar-refractivity contribution in [2.75, 3.05) is 27.2 Å². The van der Waals surface area contributed by atoms with Crippen LogP contribution in [0.2, 0.25) is 0 Å². The van der Waals surface area contributed by atoms with Gasteiger partial charge in [0.15, 0.2) is 0 Å². The summed E-state index contributed by atoms with van der Waals surface area (Å²) in [5.74, 6) is 2.16. The molecule has 1 heterocycles. The first-order chi connectivity index (χ1) is 7.36. The maximum Gasteiger partial charge on any atom is 0.000926 e. The second kappa shape index (κ2) is 9.17. The minimum Gasteiger partial charge on any atom is -0.333 e. The lowest BCUT2D eigenvalue weighted by Gasteiger charge is -2.39. The summed E-state index contributed by atoms with van der Waals surface area (Å²) < 4.78 is 0. The topological polar surface area (TPSA) is 29.3 Å². The molecule has 1 aliphatic carbocycles.